The molecule has 0 radical (unpaired) electrons. The van der Waals surface area contributed by atoms with Gasteiger partial charge < -0.3 is 15.2 Å². The summed E-state index contributed by atoms with van der Waals surface area (Å²) in [5, 5.41) is 14.0. The molecule has 1 aliphatic heterocycles. The molecule has 0 aliphatic carbocycles. The van der Waals surface area contributed by atoms with Gasteiger partial charge in [0.05, 0.1) is 5.60 Å². The van der Waals surface area contributed by atoms with Crippen LogP contribution in [0.15, 0.2) is 28.7 Å². The van der Waals surface area contributed by atoms with Gasteiger partial charge in [0.2, 0.25) is 0 Å². The lowest BCUT2D eigenvalue weighted by Gasteiger charge is -2.33. The van der Waals surface area contributed by atoms with Gasteiger partial charge in [0, 0.05) is 43.1 Å². The van der Waals surface area contributed by atoms with Crippen molar-refractivity contribution < 1.29 is 9.84 Å². The lowest BCUT2D eigenvalue weighted by molar-refractivity contribution is -0.0628. The fraction of sp³-hybridized carbons (Fsp3) is 0.600. The fourth-order valence-electron chi connectivity index (χ4n) is 2.43. The third-order valence-electron chi connectivity index (χ3n) is 3.78. The molecule has 2 N–H and O–H groups in total. The van der Waals surface area contributed by atoms with E-state index in [9.17, 15) is 5.11 Å². The first-order valence-electron chi connectivity index (χ1n) is 6.92. The molecule has 1 saturated heterocycles. The van der Waals surface area contributed by atoms with E-state index in [1.54, 1.807) is 0 Å². The zero-order valence-electron chi connectivity index (χ0n) is 11.4. The van der Waals surface area contributed by atoms with Gasteiger partial charge in [0.1, 0.15) is 0 Å². The average Bonchev–Trinajstić information content (AvgIpc) is 2.42. The van der Waals surface area contributed by atoms with Gasteiger partial charge in [0.15, 0.2) is 0 Å². The summed E-state index contributed by atoms with van der Waals surface area (Å²) in [5.41, 5.74) is 0.655. The molecule has 1 unspecified atom stereocenters. The Balaban J connectivity index is 1.93. The molecule has 0 amide bonds. The first-order valence-corrected chi connectivity index (χ1v) is 7.71. The van der Waals surface area contributed by atoms with E-state index in [0.29, 0.717) is 25.8 Å². The van der Waals surface area contributed by atoms with E-state index in [1.807, 2.05) is 0 Å². The van der Waals surface area contributed by atoms with Gasteiger partial charge in [-0.15, -0.1) is 0 Å². The Kier molecular flexibility index (Phi) is 5.39. The Morgan fingerprint density at radius 3 is 2.53 bits per heavy atom. The lowest BCUT2D eigenvalue weighted by Crippen LogP contribution is -2.45. The fourth-order valence-corrected chi connectivity index (χ4v) is 2.70. The summed E-state index contributed by atoms with van der Waals surface area (Å²) < 4.78 is 6.39. The summed E-state index contributed by atoms with van der Waals surface area (Å²) in [5.74, 6) is 0. The highest BCUT2D eigenvalue weighted by atomic mass is 79.9. The maximum Gasteiger partial charge on any atom is 0.0815 e. The molecular formula is C15H22BrNO2. The molecule has 3 nitrogen and oxygen atoms in total. The lowest BCUT2D eigenvalue weighted by atomic mass is 9.93. The van der Waals surface area contributed by atoms with Gasteiger partial charge in [-0.05, 0) is 24.1 Å². The summed E-state index contributed by atoms with van der Waals surface area (Å²) in [7, 11) is 0. The van der Waals surface area contributed by atoms with E-state index in [-0.39, 0.29) is 0 Å². The van der Waals surface area contributed by atoms with Crippen LogP contribution in [0.4, 0.5) is 0 Å². The number of benzene rings is 1. The molecule has 2 rings (SSSR count). The van der Waals surface area contributed by atoms with Crippen molar-refractivity contribution >= 4 is 15.9 Å². The van der Waals surface area contributed by atoms with Crippen molar-refractivity contribution in [2.45, 2.75) is 37.8 Å². The molecule has 19 heavy (non-hydrogen) atoms. The Labute approximate surface area is 123 Å². The van der Waals surface area contributed by atoms with Gasteiger partial charge in [-0.1, -0.05) is 35.0 Å². The van der Waals surface area contributed by atoms with E-state index in [4.69, 9.17) is 4.74 Å². The van der Waals surface area contributed by atoms with E-state index >= 15 is 0 Å². The topological polar surface area (TPSA) is 41.5 Å². The van der Waals surface area contributed by atoms with E-state index < -0.39 is 5.60 Å². The third kappa shape index (κ3) is 4.28. The average molecular weight is 328 g/mol. The normalized spacial score (nSPS) is 20.2. The zero-order valence-corrected chi connectivity index (χ0v) is 12.9. The van der Waals surface area contributed by atoms with E-state index in [1.165, 1.54) is 5.56 Å². The molecule has 106 valence electrons. The molecule has 1 aromatic rings. The minimum Gasteiger partial charge on any atom is -0.388 e. The molecule has 1 heterocycles. The maximum absolute atomic E-state index is 10.5. The second-order valence-corrected chi connectivity index (χ2v) is 6.15. The number of hydrogen-bond donors (Lipinski definition) is 2. The van der Waals surface area contributed by atoms with Gasteiger partial charge in [0.25, 0.3) is 0 Å². The van der Waals surface area contributed by atoms with Crippen LogP contribution < -0.4 is 5.32 Å². The second kappa shape index (κ2) is 6.84. The quantitative estimate of drug-likeness (QED) is 0.873. The Bertz CT molecular complexity index is 388. The second-order valence-electron chi connectivity index (χ2n) is 5.23. The van der Waals surface area contributed by atoms with Crippen LogP contribution in [0.2, 0.25) is 0 Å². The monoisotopic (exact) mass is 327 g/mol. The van der Waals surface area contributed by atoms with Gasteiger partial charge >= 0.3 is 0 Å². The van der Waals surface area contributed by atoms with Crippen LogP contribution in [0.1, 0.15) is 37.8 Å². The zero-order chi connectivity index (χ0) is 13.7. The first kappa shape index (κ1) is 15.0. The van der Waals surface area contributed by atoms with Crippen LogP contribution in [-0.4, -0.2) is 30.5 Å². The summed E-state index contributed by atoms with van der Waals surface area (Å²) >= 11 is 3.45. The number of nitrogens with one attached hydrogen (secondary N) is 1. The van der Waals surface area contributed by atoms with Crippen LogP contribution in [0.3, 0.4) is 0 Å². The number of rotatable bonds is 5. The van der Waals surface area contributed by atoms with E-state index in [0.717, 1.165) is 23.7 Å². The van der Waals surface area contributed by atoms with Crippen molar-refractivity contribution in [1.29, 1.82) is 0 Å². The van der Waals surface area contributed by atoms with Crippen molar-refractivity contribution in [3.8, 4) is 0 Å². The maximum atomic E-state index is 10.5. The van der Waals surface area contributed by atoms with Crippen LogP contribution in [0.25, 0.3) is 0 Å². The number of hydrogen-bond acceptors (Lipinski definition) is 3. The molecule has 0 spiro atoms. The minimum absolute atomic E-state index is 0.292. The highest BCUT2D eigenvalue weighted by molar-refractivity contribution is 9.10. The Hall–Kier alpha value is -0.420. The van der Waals surface area contributed by atoms with Crippen LogP contribution in [-0.2, 0) is 4.74 Å². The number of halogens is 1. The highest BCUT2D eigenvalue weighted by Gasteiger charge is 2.30. The van der Waals surface area contributed by atoms with Gasteiger partial charge in [-0.3, -0.25) is 0 Å². The number of aliphatic hydroxyl groups is 1. The highest BCUT2D eigenvalue weighted by Crippen LogP contribution is 2.23. The molecule has 0 saturated carbocycles. The predicted molar refractivity (Wildman–Crippen MR) is 80.2 cm³/mol. The van der Waals surface area contributed by atoms with Crippen molar-refractivity contribution in [2.24, 2.45) is 0 Å². The van der Waals surface area contributed by atoms with Crippen molar-refractivity contribution in [1.82, 2.24) is 5.32 Å². The molecule has 1 aliphatic rings. The Morgan fingerprint density at radius 1 is 1.32 bits per heavy atom. The molecule has 1 aromatic carbocycles. The SMILES string of the molecule is CCC(NCC1(O)CCOCC1)c1ccc(Br)cc1. The van der Waals surface area contributed by atoms with Gasteiger partial charge in [-0.25, -0.2) is 0 Å². The summed E-state index contributed by atoms with van der Waals surface area (Å²) in [4.78, 5) is 0. The third-order valence-corrected chi connectivity index (χ3v) is 4.31. The molecule has 0 aromatic heterocycles. The largest absolute Gasteiger partial charge is 0.388 e. The van der Waals surface area contributed by atoms with Gasteiger partial charge in [-0.2, -0.15) is 0 Å². The summed E-state index contributed by atoms with van der Waals surface area (Å²) in [6.45, 7) is 4.11. The number of ether oxygens (including phenoxy) is 1. The molecule has 0 bridgehead atoms. The van der Waals surface area contributed by atoms with E-state index in [2.05, 4.69) is 52.4 Å². The van der Waals surface area contributed by atoms with Crippen molar-refractivity contribution in [3.05, 3.63) is 34.3 Å². The summed E-state index contributed by atoms with van der Waals surface area (Å²) in [6, 6.07) is 8.66. The van der Waals surface area contributed by atoms with Crippen LogP contribution >= 0.6 is 15.9 Å². The molecule has 1 atom stereocenters. The van der Waals surface area contributed by atoms with Crippen LogP contribution in [0, 0.1) is 0 Å². The molecular weight excluding hydrogens is 306 g/mol. The van der Waals surface area contributed by atoms with Crippen molar-refractivity contribution in [3.63, 3.8) is 0 Å². The smallest absolute Gasteiger partial charge is 0.0815 e. The Morgan fingerprint density at radius 2 is 1.95 bits per heavy atom. The summed E-state index contributed by atoms with van der Waals surface area (Å²) in [6.07, 6.45) is 2.45. The predicted octanol–water partition coefficient (Wildman–Crippen LogP) is 3.03. The van der Waals surface area contributed by atoms with Crippen molar-refractivity contribution in [2.75, 3.05) is 19.8 Å². The standard InChI is InChI=1S/C15H22BrNO2/c1-2-14(12-3-5-13(16)6-4-12)17-11-15(18)7-9-19-10-8-15/h3-6,14,17-18H,2,7-11H2,1H3. The molecule has 4 heteroatoms. The van der Waals surface area contributed by atoms with Crippen LogP contribution in [0.5, 0.6) is 0 Å². The first-order chi connectivity index (χ1) is 9.13. The minimum atomic E-state index is -0.610. The molecule has 1 fully saturated rings.